The number of aromatic nitrogens is 3. The van der Waals surface area contributed by atoms with E-state index in [1.165, 1.54) is 12.1 Å². The fourth-order valence-electron chi connectivity index (χ4n) is 2.23. The van der Waals surface area contributed by atoms with Crippen molar-refractivity contribution in [2.24, 2.45) is 0 Å². The van der Waals surface area contributed by atoms with E-state index in [2.05, 4.69) is 15.3 Å². The van der Waals surface area contributed by atoms with Gasteiger partial charge in [0.05, 0.1) is 6.20 Å². The molecule has 0 radical (unpaired) electrons. The number of imidazole rings is 1. The predicted molar refractivity (Wildman–Crippen MR) is 81.0 cm³/mol. The van der Waals surface area contributed by atoms with E-state index in [-0.39, 0.29) is 5.82 Å². The summed E-state index contributed by atoms with van der Waals surface area (Å²) in [6.45, 7) is 0.628. The molecule has 3 aromatic rings. The molecule has 0 aliphatic rings. The first-order valence-corrected chi connectivity index (χ1v) is 6.64. The average Bonchev–Trinajstić information content (AvgIpc) is 2.96. The van der Waals surface area contributed by atoms with Crippen LogP contribution in [0.4, 0.5) is 16.0 Å². The van der Waals surface area contributed by atoms with Crippen molar-refractivity contribution in [3.63, 3.8) is 0 Å². The lowest BCUT2D eigenvalue weighted by Crippen LogP contribution is -2.19. The maximum Gasteiger partial charge on any atom is 0.180 e. The Labute approximate surface area is 122 Å². The molecule has 0 aliphatic heterocycles. The van der Waals surface area contributed by atoms with Gasteiger partial charge in [-0.3, -0.25) is 0 Å². The summed E-state index contributed by atoms with van der Waals surface area (Å²) < 4.78 is 14.9. The Morgan fingerprint density at radius 1 is 1.29 bits per heavy atom. The highest BCUT2D eigenvalue weighted by Gasteiger charge is 2.12. The van der Waals surface area contributed by atoms with E-state index in [0.29, 0.717) is 6.54 Å². The molecule has 0 fully saturated rings. The van der Waals surface area contributed by atoms with Crippen LogP contribution in [-0.2, 0) is 6.54 Å². The van der Waals surface area contributed by atoms with E-state index in [1.54, 1.807) is 18.3 Å². The smallest absolute Gasteiger partial charge is 0.180 e. The number of benzene rings is 1. The van der Waals surface area contributed by atoms with E-state index in [1.807, 2.05) is 35.8 Å². The number of halogens is 1. The molecule has 21 heavy (non-hydrogen) atoms. The van der Waals surface area contributed by atoms with Crippen molar-refractivity contribution in [3.05, 3.63) is 54.2 Å². The molecule has 1 N–H and O–H groups in total. The molecule has 0 aliphatic carbocycles. The maximum absolute atomic E-state index is 13.0. The first-order chi connectivity index (χ1) is 10.2. The Bertz CT molecular complexity index is 750. The van der Waals surface area contributed by atoms with Gasteiger partial charge in [-0.2, -0.15) is 0 Å². The van der Waals surface area contributed by atoms with Gasteiger partial charge in [0.15, 0.2) is 11.5 Å². The van der Waals surface area contributed by atoms with Gasteiger partial charge in [-0.1, -0.05) is 12.1 Å². The Balaban J connectivity index is 1.94. The van der Waals surface area contributed by atoms with Crippen LogP contribution in [0.25, 0.3) is 5.65 Å². The normalized spacial score (nSPS) is 10.8. The molecule has 108 valence electrons. The zero-order valence-corrected chi connectivity index (χ0v) is 11.9. The van der Waals surface area contributed by atoms with Crippen LogP contribution in [0.3, 0.4) is 0 Å². The molecule has 2 aromatic heterocycles. The molecule has 0 amide bonds. The standard InChI is InChI=1S/C15H16FN5/c1-17-13-10-21-8-7-18-14(21)15(19-13)20(2)9-11-3-5-12(16)6-4-11/h3-8,10,17H,9H2,1-2H3. The monoisotopic (exact) mass is 285 g/mol. The van der Waals surface area contributed by atoms with Crippen LogP contribution in [0.15, 0.2) is 42.9 Å². The van der Waals surface area contributed by atoms with Crippen molar-refractivity contribution in [3.8, 4) is 0 Å². The molecule has 5 nitrogen and oxygen atoms in total. The van der Waals surface area contributed by atoms with E-state index in [0.717, 1.165) is 22.8 Å². The molecule has 0 spiro atoms. The summed E-state index contributed by atoms with van der Waals surface area (Å²) in [7, 11) is 3.77. The van der Waals surface area contributed by atoms with Gasteiger partial charge in [0.1, 0.15) is 11.6 Å². The topological polar surface area (TPSA) is 45.5 Å². The average molecular weight is 285 g/mol. The first kappa shape index (κ1) is 13.4. The second-order valence-electron chi connectivity index (χ2n) is 4.84. The van der Waals surface area contributed by atoms with Crippen LogP contribution in [0.1, 0.15) is 5.56 Å². The zero-order chi connectivity index (χ0) is 14.8. The summed E-state index contributed by atoms with van der Waals surface area (Å²) in [5, 5.41) is 3.04. The fourth-order valence-corrected chi connectivity index (χ4v) is 2.23. The van der Waals surface area contributed by atoms with Gasteiger partial charge in [-0.25, -0.2) is 14.4 Å². The third-order valence-corrected chi connectivity index (χ3v) is 3.31. The first-order valence-electron chi connectivity index (χ1n) is 6.64. The predicted octanol–water partition coefficient (Wildman–Crippen LogP) is 2.55. The van der Waals surface area contributed by atoms with Crippen LogP contribution >= 0.6 is 0 Å². The van der Waals surface area contributed by atoms with Crippen molar-refractivity contribution >= 4 is 17.3 Å². The van der Waals surface area contributed by atoms with Gasteiger partial charge >= 0.3 is 0 Å². The minimum atomic E-state index is -0.229. The number of anilines is 2. The molecular weight excluding hydrogens is 269 g/mol. The quantitative estimate of drug-likeness (QED) is 0.800. The van der Waals surface area contributed by atoms with E-state index in [9.17, 15) is 4.39 Å². The summed E-state index contributed by atoms with van der Waals surface area (Å²) in [6.07, 6.45) is 5.51. The number of fused-ring (bicyclic) bond motifs is 1. The Hall–Kier alpha value is -2.63. The van der Waals surface area contributed by atoms with Crippen molar-refractivity contribution in [2.75, 3.05) is 24.3 Å². The van der Waals surface area contributed by atoms with Crippen LogP contribution in [-0.4, -0.2) is 28.5 Å². The molecule has 6 heteroatoms. The molecule has 0 saturated carbocycles. The Morgan fingerprint density at radius 3 is 2.76 bits per heavy atom. The van der Waals surface area contributed by atoms with Gasteiger partial charge in [0, 0.05) is 33.0 Å². The molecule has 1 aromatic carbocycles. The largest absolute Gasteiger partial charge is 0.372 e. The third-order valence-electron chi connectivity index (χ3n) is 3.31. The summed E-state index contributed by atoms with van der Waals surface area (Å²) in [5.74, 6) is 1.31. The summed E-state index contributed by atoms with van der Waals surface area (Å²) in [6, 6.07) is 6.48. The van der Waals surface area contributed by atoms with Crippen LogP contribution in [0, 0.1) is 5.82 Å². The van der Waals surface area contributed by atoms with Gasteiger partial charge in [-0.15, -0.1) is 0 Å². The summed E-state index contributed by atoms with van der Waals surface area (Å²) in [4.78, 5) is 10.9. The van der Waals surface area contributed by atoms with Crippen LogP contribution in [0.5, 0.6) is 0 Å². The van der Waals surface area contributed by atoms with Crippen molar-refractivity contribution in [2.45, 2.75) is 6.54 Å². The Kier molecular flexibility index (Phi) is 3.43. The van der Waals surface area contributed by atoms with E-state index >= 15 is 0 Å². The minimum Gasteiger partial charge on any atom is -0.372 e. The van der Waals surface area contributed by atoms with Crippen molar-refractivity contribution in [1.82, 2.24) is 14.4 Å². The minimum absolute atomic E-state index is 0.229. The van der Waals surface area contributed by atoms with E-state index < -0.39 is 0 Å². The van der Waals surface area contributed by atoms with Crippen LogP contribution < -0.4 is 10.2 Å². The molecule has 0 saturated heterocycles. The molecule has 0 unspecified atom stereocenters. The lowest BCUT2D eigenvalue weighted by molar-refractivity contribution is 0.627. The number of nitrogens with one attached hydrogen (secondary N) is 1. The summed E-state index contributed by atoms with van der Waals surface area (Å²) >= 11 is 0. The van der Waals surface area contributed by atoms with Crippen molar-refractivity contribution < 1.29 is 4.39 Å². The zero-order valence-electron chi connectivity index (χ0n) is 11.9. The molecular formula is C15H16FN5. The fraction of sp³-hybridized carbons (Fsp3) is 0.200. The van der Waals surface area contributed by atoms with E-state index in [4.69, 9.17) is 0 Å². The molecule has 2 heterocycles. The number of rotatable bonds is 4. The van der Waals surface area contributed by atoms with Crippen LogP contribution in [0.2, 0.25) is 0 Å². The maximum atomic E-state index is 13.0. The Morgan fingerprint density at radius 2 is 2.05 bits per heavy atom. The molecule has 3 rings (SSSR count). The molecule has 0 atom stereocenters. The highest BCUT2D eigenvalue weighted by Crippen LogP contribution is 2.21. The summed E-state index contributed by atoms with van der Waals surface area (Å²) in [5.41, 5.74) is 1.80. The van der Waals surface area contributed by atoms with Crippen molar-refractivity contribution in [1.29, 1.82) is 0 Å². The van der Waals surface area contributed by atoms with Gasteiger partial charge in [-0.05, 0) is 17.7 Å². The van der Waals surface area contributed by atoms with Gasteiger partial charge in [0.25, 0.3) is 0 Å². The highest BCUT2D eigenvalue weighted by atomic mass is 19.1. The number of hydrogen-bond acceptors (Lipinski definition) is 4. The lowest BCUT2D eigenvalue weighted by Gasteiger charge is -2.19. The SMILES string of the molecule is CNc1cn2ccnc2c(N(C)Cc2ccc(F)cc2)n1. The number of hydrogen-bond donors (Lipinski definition) is 1. The second-order valence-corrected chi connectivity index (χ2v) is 4.84. The third kappa shape index (κ3) is 2.65. The highest BCUT2D eigenvalue weighted by molar-refractivity contribution is 5.66. The lowest BCUT2D eigenvalue weighted by atomic mass is 10.2. The van der Waals surface area contributed by atoms with Gasteiger partial charge < -0.3 is 14.6 Å². The second kappa shape index (κ2) is 5.40. The number of nitrogens with zero attached hydrogens (tertiary/aromatic N) is 4. The molecule has 0 bridgehead atoms. The van der Waals surface area contributed by atoms with Gasteiger partial charge in [0.2, 0.25) is 0 Å².